The SMILES string of the molecule is Cc1cccc(C(C(=O)NC(C)C)N(C(=O)C(C)NC(=O)OC(C)(C)C)C(C)(C)C)c1O. The molecule has 2 atom stereocenters. The number of phenols is 1. The zero-order valence-corrected chi connectivity index (χ0v) is 21.0. The van der Waals surface area contributed by atoms with Gasteiger partial charge in [-0.05, 0) is 74.8 Å². The average Bonchev–Trinajstić information content (AvgIpc) is 2.58. The molecule has 0 radical (unpaired) electrons. The molecule has 1 aromatic carbocycles. The minimum Gasteiger partial charge on any atom is -0.507 e. The fourth-order valence-corrected chi connectivity index (χ4v) is 3.26. The van der Waals surface area contributed by atoms with E-state index in [1.807, 2.05) is 13.8 Å². The number of aryl methyl sites for hydroxylation is 1. The number of rotatable bonds is 6. The summed E-state index contributed by atoms with van der Waals surface area (Å²) in [7, 11) is 0. The second kappa shape index (κ2) is 10.2. The number of nitrogens with zero attached hydrogens (tertiary/aromatic N) is 1. The predicted molar refractivity (Wildman–Crippen MR) is 124 cm³/mol. The average molecular weight is 450 g/mol. The van der Waals surface area contributed by atoms with E-state index in [0.717, 1.165) is 0 Å². The molecule has 8 nitrogen and oxygen atoms in total. The number of carbonyl (C=O) groups is 3. The van der Waals surface area contributed by atoms with Crippen LogP contribution in [0, 0.1) is 6.92 Å². The number of para-hydroxylation sites is 1. The van der Waals surface area contributed by atoms with Gasteiger partial charge in [0.05, 0.1) is 0 Å². The molecule has 180 valence electrons. The molecule has 0 aromatic heterocycles. The Kier molecular flexibility index (Phi) is 8.72. The van der Waals surface area contributed by atoms with Crippen LogP contribution in [0.2, 0.25) is 0 Å². The van der Waals surface area contributed by atoms with Gasteiger partial charge in [0.1, 0.15) is 23.4 Å². The highest BCUT2D eigenvalue weighted by Crippen LogP contribution is 2.36. The van der Waals surface area contributed by atoms with Crippen molar-refractivity contribution in [2.75, 3.05) is 0 Å². The Bertz CT molecular complexity index is 837. The van der Waals surface area contributed by atoms with Crippen LogP contribution in [-0.4, -0.2) is 51.1 Å². The van der Waals surface area contributed by atoms with Gasteiger partial charge >= 0.3 is 6.09 Å². The molecule has 0 spiro atoms. The smallest absolute Gasteiger partial charge is 0.408 e. The van der Waals surface area contributed by atoms with Crippen molar-refractivity contribution in [3.63, 3.8) is 0 Å². The maximum atomic E-state index is 13.6. The van der Waals surface area contributed by atoms with Crippen molar-refractivity contribution in [1.29, 1.82) is 0 Å². The quantitative estimate of drug-likeness (QED) is 0.612. The van der Waals surface area contributed by atoms with Gasteiger partial charge in [-0.1, -0.05) is 18.2 Å². The van der Waals surface area contributed by atoms with E-state index < -0.39 is 41.1 Å². The summed E-state index contributed by atoms with van der Waals surface area (Å²) in [5, 5.41) is 16.2. The first-order chi connectivity index (χ1) is 14.5. The van der Waals surface area contributed by atoms with Gasteiger partial charge in [0.2, 0.25) is 11.8 Å². The molecule has 32 heavy (non-hydrogen) atoms. The maximum Gasteiger partial charge on any atom is 0.408 e. The number of ether oxygens (including phenoxy) is 1. The fourth-order valence-electron chi connectivity index (χ4n) is 3.26. The van der Waals surface area contributed by atoms with Crippen LogP contribution < -0.4 is 10.6 Å². The van der Waals surface area contributed by atoms with E-state index in [4.69, 9.17) is 4.74 Å². The molecule has 0 saturated heterocycles. The Morgan fingerprint density at radius 3 is 2.03 bits per heavy atom. The third-order valence-electron chi connectivity index (χ3n) is 4.56. The lowest BCUT2D eigenvalue weighted by atomic mass is 9.94. The first-order valence-corrected chi connectivity index (χ1v) is 10.9. The number of benzene rings is 1. The number of carbonyl (C=O) groups excluding carboxylic acids is 3. The van der Waals surface area contributed by atoms with Crippen molar-refractivity contribution in [2.45, 2.75) is 98.5 Å². The van der Waals surface area contributed by atoms with Crippen LogP contribution >= 0.6 is 0 Å². The van der Waals surface area contributed by atoms with Gasteiger partial charge < -0.3 is 25.4 Å². The van der Waals surface area contributed by atoms with Crippen LogP contribution in [0.3, 0.4) is 0 Å². The summed E-state index contributed by atoms with van der Waals surface area (Å²) in [6, 6.07) is 2.84. The van der Waals surface area contributed by atoms with E-state index in [0.29, 0.717) is 11.1 Å². The molecule has 0 heterocycles. The van der Waals surface area contributed by atoms with Gasteiger partial charge in [0.25, 0.3) is 0 Å². The molecule has 0 bridgehead atoms. The Morgan fingerprint density at radius 1 is 1.00 bits per heavy atom. The molecule has 3 amide bonds. The summed E-state index contributed by atoms with van der Waals surface area (Å²) in [6.45, 7) is 17.5. The second-order valence-corrected chi connectivity index (χ2v) is 10.3. The lowest BCUT2D eigenvalue weighted by molar-refractivity contribution is -0.148. The standard InChI is InChI=1S/C24H39N3O5/c1-14(2)25-20(29)18(17-13-11-12-15(3)19(17)28)27(23(5,6)7)21(30)16(4)26-22(31)32-24(8,9)10/h11-14,16,18,28H,1-10H3,(H,25,29)(H,26,31). The molecule has 1 rings (SSSR count). The number of aromatic hydroxyl groups is 1. The lowest BCUT2D eigenvalue weighted by Gasteiger charge is -2.43. The topological polar surface area (TPSA) is 108 Å². The fraction of sp³-hybridized carbons (Fsp3) is 0.625. The summed E-state index contributed by atoms with van der Waals surface area (Å²) >= 11 is 0. The monoisotopic (exact) mass is 449 g/mol. The van der Waals surface area contributed by atoms with Crippen LogP contribution in [0.1, 0.15) is 79.5 Å². The molecule has 0 fully saturated rings. The van der Waals surface area contributed by atoms with Crippen molar-refractivity contribution in [3.8, 4) is 5.75 Å². The Balaban J connectivity index is 3.47. The van der Waals surface area contributed by atoms with Gasteiger partial charge in [0, 0.05) is 17.1 Å². The van der Waals surface area contributed by atoms with Crippen molar-refractivity contribution in [2.24, 2.45) is 0 Å². The van der Waals surface area contributed by atoms with E-state index in [1.165, 1.54) is 4.90 Å². The number of phenolic OH excluding ortho intramolecular Hbond substituents is 1. The zero-order valence-electron chi connectivity index (χ0n) is 21.0. The predicted octanol–water partition coefficient (Wildman–Crippen LogP) is 3.81. The van der Waals surface area contributed by atoms with Gasteiger partial charge in [-0.15, -0.1) is 0 Å². The number of hydrogen-bond acceptors (Lipinski definition) is 5. The second-order valence-electron chi connectivity index (χ2n) is 10.3. The van der Waals surface area contributed by atoms with Crippen LogP contribution in [0.25, 0.3) is 0 Å². The summed E-state index contributed by atoms with van der Waals surface area (Å²) in [5.74, 6) is -0.951. The van der Waals surface area contributed by atoms with E-state index in [-0.39, 0.29) is 11.8 Å². The van der Waals surface area contributed by atoms with Gasteiger partial charge in [-0.3, -0.25) is 9.59 Å². The van der Waals surface area contributed by atoms with Crippen molar-refractivity contribution in [3.05, 3.63) is 29.3 Å². The lowest BCUT2D eigenvalue weighted by Crippen LogP contribution is -2.58. The van der Waals surface area contributed by atoms with E-state index in [9.17, 15) is 19.5 Å². The number of alkyl carbamates (subject to hydrolysis) is 1. The number of nitrogens with one attached hydrogen (secondary N) is 2. The molecule has 2 unspecified atom stereocenters. The molecule has 0 aliphatic heterocycles. The first kappa shape index (κ1) is 27.3. The summed E-state index contributed by atoms with van der Waals surface area (Å²) in [5.41, 5.74) is -0.623. The normalized spacial score (nSPS) is 13.8. The summed E-state index contributed by atoms with van der Waals surface area (Å²) < 4.78 is 5.26. The van der Waals surface area contributed by atoms with Crippen molar-refractivity contribution >= 4 is 17.9 Å². The Labute approximate surface area is 191 Å². The molecule has 0 aliphatic carbocycles. The third kappa shape index (κ3) is 7.43. The van der Waals surface area contributed by atoms with Gasteiger partial charge in [-0.25, -0.2) is 4.79 Å². The highest BCUT2D eigenvalue weighted by atomic mass is 16.6. The minimum atomic E-state index is -1.10. The summed E-state index contributed by atoms with van der Waals surface area (Å²) in [6.07, 6.45) is -0.728. The highest BCUT2D eigenvalue weighted by molar-refractivity contribution is 5.93. The molecule has 0 saturated carbocycles. The number of amides is 3. The molecule has 8 heteroatoms. The van der Waals surface area contributed by atoms with Gasteiger partial charge in [0.15, 0.2) is 0 Å². The molecule has 0 aliphatic rings. The first-order valence-electron chi connectivity index (χ1n) is 10.9. The van der Waals surface area contributed by atoms with Crippen LogP contribution in [0.4, 0.5) is 4.79 Å². The number of hydrogen-bond donors (Lipinski definition) is 3. The van der Waals surface area contributed by atoms with E-state index in [1.54, 1.807) is 73.6 Å². The van der Waals surface area contributed by atoms with E-state index >= 15 is 0 Å². The molecule has 1 aromatic rings. The van der Waals surface area contributed by atoms with Crippen LogP contribution in [0.5, 0.6) is 5.75 Å². The third-order valence-corrected chi connectivity index (χ3v) is 4.56. The molecule has 3 N–H and O–H groups in total. The van der Waals surface area contributed by atoms with Crippen LogP contribution in [-0.2, 0) is 14.3 Å². The Morgan fingerprint density at radius 2 is 1.56 bits per heavy atom. The zero-order chi connectivity index (χ0) is 25.0. The van der Waals surface area contributed by atoms with E-state index in [2.05, 4.69) is 10.6 Å². The molecular weight excluding hydrogens is 410 g/mol. The largest absolute Gasteiger partial charge is 0.507 e. The molecular formula is C24H39N3O5. The highest BCUT2D eigenvalue weighted by Gasteiger charge is 2.42. The Hall–Kier alpha value is -2.77. The van der Waals surface area contributed by atoms with Crippen molar-refractivity contribution < 1.29 is 24.2 Å². The summed E-state index contributed by atoms with van der Waals surface area (Å²) in [4.78, 5) is 40.5. The van der Waals surface area contributed by atoms with Crippen LogP contribution in [0.15, 0.2) is 18.2 Å². The maximum absolute atomic E-state index is 13.6. The minimum absolute atomic E-state index is 0.0498. The van der Waals surface area contributed by atoms with Gasteiger partial charge in [-0.2, -0.15) is 0 Å². The van der Waals surface area contributed by atoms with Crippen molar-refractivity contribution in [1.82, 2.24) is 15.5 Å².